The highest BCUT2D eigenvalue weighted by Gasteiger charge is 2.24. The highest BCUT2D eigenvalue weighted by molar-refractivity contribution is 9.11. The Hall–Kier alpha value is -0.560. The fourth-order valence-electron chi connectivity index (χ4n) is 1.48. The Balaban J connectivity index is 2.41. The van der Waals surface area contributed by atoms with Crippen molar-refractivity contribution in [3.8, 4) is 0 Å². The monoisotopic (exact) mass is 379 g/mol. The summed E-state index contributed by atoms with van der Waals surface area (Å²) in [4.78, 5) is 0. The number of thiophene rings is 1. The van der Waals surface area contributed by atoms with E-state index in [4.69, 9.17) is 11.6 Å². The van der Waals surface area contributed by atoms with Crippen molar-refractivity contribution in [2.75, 3.05) is 11.4 Å². The number of halogens is 2. The largest absolute Gasteiger partial charge is 0.273 e. The third-order valence-corrected chi connectivity index (χ3v) is 7.34. The molecule has 0 amide bonds. The Kier molecular flexibility index (Phi) is 4.25. The Morgan fingerprint density at radius 2 is 1.84 bits per heavy atom. The SMILES string of the molecule is Cc1ccc(N(C)S(=O)(=O)c2cc(Cl)c(Br)s2)cc1. The zero-order valence-electron chi connectivity index (χ0n) is 10.2. The second-order valence-electron chi connectivity index (χ2n) is 4.00. The van der Waals surface area contributed by atoms with E-state index in [1.165, 1.54) is 17.4 Å². The molecule has 0 aliphatic heterocycles. The molecule has 2 rings (SSSR count). The minimum Gasteiger partial charge on any atom is -0.269 e. The Morgan fingerprint density at radius 1 is 1.26 bits per heavy atom. The van der Waals surface area contributed by atoms with Crippen molar-refractivity contribution >= 4 is 54.6 Å². The van der Waals surface area contributed by atoms with E-state index in [9.17, 15) is 8.42 Å². The topological polar surface area (TPSA) is 37.4 Å². The Labute approximate surface area is 130 Å². The third kappa shape index (κ3) is 2.97. The molecule has 0 N–H and O–H groups in total. The van der Waals surface area contributed by atoms with Crippen LogP contribution >= 0.6 is 38.9 Å². The number of aryl methyl sites for hydroxylation is 1. The summed E-state index contributed by atoms with van der Waals surface area (Å²) < 4.78 is 27.0. The summed E-state index contributed by atoms with van der Waals surface area (Å²) in [5.74, 6) is 0. The standard InChI is InChI=1S/C12H11BrClNO2S2/c1-8-3-5-9(6-4-8)15(2)19(16,17)11-7-10(14)12(13)18-11/h3-7H,1-2H3. The summed E-state index contributed by atoms with van der Waals surface area (Å²) in [5, 5.41) is 0.404. The normalized spacial score (nSPS) is 11.6. The lowest BCUT2D eigenvalue weighted by atomic mass is 10.2. The first-order valence-corrected chi connectivity index (χ1v) is 8.75. The highest BCUT2D eigenvalue weighted by Crippen LogP contribution is 2.36. The van der Waals surface area contributed by atoms with Crippen molar-refractivity contribution in [1.82, 2.24) is 0 Å². The van der Waals surface area contributed by atoms with Gasteiger partial charge in [0.15, 0.2) is 0 Å². The van der Waals surface area contributed by atoms with Gasteiger partial charge in [0.25, 0.3) is 10.0 Å². The van der Waals surface area contributed by atoms with E-state index in [0.29, 0.717) is 14.5 Å². The molecule has 0 aliphatic rings. The summed E-state index contributed by atoms with van der Waals surface area (Å²) in [7, 11) is -2.04. The smallest absolute Gasteiger partial charge is 0.269 e. The van der Waals surface area contributed by atoms with Crippen LogP contribution in [-0.2, 0) is 10.0 Å². The molecule has 1 heterocycles. The molecule has 0 bridgehead atoms. The second kappa shape index (κ2) is 5.44. The van der Waals surface area contributed by atoms with E-state index in [2.05, 4.69) is 15.9 Å². The molecule has 7 heteroatoms. The fraction of sp³-hybridized carbons (Fsp3) is 0.167. The van der Waals surface area contributed by atoms with Crippen LogP contribution in [0.2, 0.25) is 5.02 Å². The van der Waals surface area contributed by atoms with Crippen LogP contribution in [-0.4, -0.2) is 15.5 Å². The maximum absolute atomic E-state index is 12.4. The van der Waals surface area contributed by atoms with E-state index in [-0.39, 0.29) is 4.21 Å². The molecule has 0 aliphatic carbocycles. The van der Waals surface area contributed by atoms with Crippen molar-refractivity contribution in [3.05, 3.63) is 44.7 Å². The van der Waals surface area contributed by atoms with Gasteiger partial charge in [0, 0.05) is 7.05 Å². The molecule has 0 spiro atoms. The molecule has 0 saturated heterocycles. The number of hydrogen-bond acceptors (Lipinski definition) is 3. The molecule has 0 atom stereocenters. The van der Waals surface area contributed by atoms with Gasteiger partial charge in [-0.1, -0.05) is 29.3 Å². The predicted molar refractivity (Wildman–Crippen MR) is 83.8 cm³/mol. The van der Waals surface area contributed by atoms with Crippen molar-refractivity contribution in [2.24, 2.45) is 0 Å². The number of benzene rings is 1. The van der Waals surface area contributed by atoms with Gasteiger partial charge in [-0.25, -0.2) is 8.42 Å². The van der Waals surface area contributed by atoms with Crippen LogP contribution in [0.25, 0.3) is 0 Å². The molecule has 102 valence electrons. The summed E-state index contributed by atoms with van der Waals surface area (Å²) in [6.45, 7) is 1.95. The Bertz CT molecular complexity index is 676. The summed E-state index contributed by atoms with van der Waals surface area (Å²) >= 11 is 10.2. The minimum atomic E-state index is -3.57. The van der Waals surface area contributed by atoms with E-state index < -0.39 is 10.0 Å². The number of rotatable bonds is 3. The molecular formula is C12H11BrClNO2S2. The van der Waals surface area contributed by atoms with Crippen LogP contribution < -0.4 is 4.31 Å². The van der Waals surface area contributed by atoms with E-state index in [1.807, 2.05) is 19.1 Å². The van der Waals surface area contributed by atoms with Gasteiger partial charge in [-0.05, 0) is 41.1 Å². The zero-order chi connectivity index (χ0) is 14.2. The van der Waals surface area contributed by atoms with Crippen LogP contribution in [0.3, 0.4) is 0 Å². The van der Waals surface area contributed by atoms with Crippen LogP contribution in [0, 0.1) is 6.92 Å². The molecule has 0 radical (unpaired) electrons. The maximum atomic E-state index is 12.4. The molecule has 3 nitrogen and oxygen atoms in total. The molecule has 0 unspecified atom stereocenters. The van der Waals surface area contributed by atoms with Crippen molar-refractivity contribution in [3.63, 3.8) is 0 Å². The van der Waals surface area contributed by atoms with Gasteiger partial charge in [-0.15, -0.1) is 11.3 Å². The number of anilines is 1. The summed E-state index contributed by atoms with van der Waals surface area (Å²) in [6.07, 6.45) is 0. The van der Waals surface area contributed by atoms with Crippen molar-refractivity contribution in [2.45, 2.75) is 11.1 Å². The van der Waals surface area contributed by atoms with Gasteiger partial charge < -0.3 is 0 Å². The van der Waals surface area contributed by atoms with E-state index in [0.717, 1.165) is 16.9 Å². The molecular weight excluding hydrogens is 370 g/mol. The summed E-state index contributed by atoms with van der Waals surface area (Å²) in [5.41, 5.74) is 1.70. The molecule has 2 aromatic rings. The highest BCUT2D eigenvalue weighted by atomic mass is 79.9. The molecule has 19 heavy (non-hydrogen) atoms. The number of hydrogen-bond donors (Lipinski definition) is 0. The van der Waals surface area contributed by atoms with E-state index >= 15 is 0 Å². The second-order valence-corrected chi connectivity index (χ2v) is 8.97. The van der Waals surface area contributed by atoms with Gasteiger partial charge >= 0.3 is 0 Å². The average molecular weight is 381 g/mol. The number of nitrogens with zero attached hydrogens (tertiary/aromatic N) is 1. The fourth-order valence-corrected chi connectivity index (χ4v) is 5.25. The van der Waals surface area contributed by atoms with Gasteiger partial charge in [-0.2, -0.15) is 0 Å². The van der Waals surface area contributed by atoms with Crippen LogP contribution in [0.4, 0.5) is 5.69 Å². The minimum absolute atomic E-state index is 0.215. The lowest BCUT2D eigenvalue weighted by molar-refractivity contribution is 0.596. The lowest BCUT2D eigenvalue weighted by Gasteiger charge is -2.18. The first-order chi connectivity index (χ1) is 8.82. The zero-order valence-corrected chi connectivity index (χ0v) is 14.2. The van der Waals surface area contributed by atoms with Crippen molar-refractivity contribution in [1.29, 1.82) is 0 Å². The van der Waals surface area contributed by atoms with Crippen LogP contribution in [0.5, 0.6) is 0 Å². The van der Waals surface area contributed by atoms with Crippen LogP contribution in [0.1, 0.15) is 5.56 Å². The summed E-state index contributed by atoms with van der Waals surface area (Å²) in [6, 6.07) is 8.75. The average Bonchev–Trinajstić information content (AvgIpc) is 2.70. The molecule has 1 aromatic heterocycles. The lowest BCUT2D eigenvalue weighted by Crippen LogP contribution is -2.25. The van der Waals surface area contributed by atoms with Gasteiger partial charge in [-0.3, -0.25) is 4.31 Å². The van der Waals surface area contributed by atoms with E-state index in [1.54, 1.807) is 12.1 Å². The molecule has 1 aromatic carbocycles. The van der Waals surface area contributed by atoms with Gasteiger partial charge in [0.2, 0.25) is 0 Å². The van der Waals surface area contributed by atoms with Crippen molar-refractivity contribution < 1.29 is 8.42 Å². The molecule has 0 saturated carbocycles. The quantitative estimate of drug-likeness (QED) is 0.796. The first kappa shape index (κ1) is 14.8. The van der Waals surface area contributed by atoms with Gasteiger partial charge in [0.1, 0.15) is 4.21 Å². The van der Waals surface area contributed by atoms with Crippen LogP contribution in [0.15, 0.2) is 38.3 Å². The number of sulfonamides is 1. The molecule has 0 fully saturated rings. The third-order valence-electron chi connectivity index (χ3n) is 2.63. The Morgan fingerprint density at radius 3 is 2.32 bits per heavy atom. The maximum Gasteiger partial charge on any atom is 0.273 e. The predicted octanol–water partition coefficient (Wildman–Crippen LogP) is 4.30. The van der Waals surface area contributed by atoms with Gasteiger partial charge in [0.05, 0.1) is 14.5 Å². The first-order valence-electron chi connectivity index (χ1n) is 5.33.